The van der Waals surface area contributed by atoms with E-state index in [1.165, 1.54) is 0 Å². The first-order valence-electron chi connectivity index (χ1n) is 10.7. The van der Waals surface area contributed by atoms with Gasteiger partial charge in [-0.15, -0.1) is 0 Å². The van der Waals surface area contributed by atoms with Gasteiger partial charge in [0.1, 0.15) is 11.7 Å². The molecule has 0 saturated carbocycles. The molecule has 2 unspecified atom stereocenters. The van der Waals surface area contributed by atoms with Crippen LogP contribution in [-0.4, -0.2) is 50.6 Å². The van der Waals surface area contributed by atoms with Gasteiger partial charge in [0.25, 0.3) is 5.91 Å². The number of allylic oxidation sites excluding steroid dienone is 1. The molecule has 0 fully saturated rings. The second-order valence-corrected chi connectivity index (χ2v) is 7.79. The third kappa shape index (κ3) is 5.91. The fourth-order valence-electron chi connectivity index (χ4n) is 3.55. The summed E-state index contributed by atoms with van der Waals surface area (Å²) >= 11 is 0. The average molecular weight is 470 g/mol. The number of carbonyl (C=O) groups excluding carboxylic acids is 1. The zero-order valence-electron chi connectivity index (χ0n) is 18.5. The van der Waals surface area contributed by atoms with Crippen molar-refractivity contribution in [1.82, 2.24) is 15.3 Å². The zero-order valence-corrected chi connectivity index (χ0v) is 18.5. The fourth-order valence-corrected chi connectivity index (χ4v) is 3.55. The molecule has 2 heterocycles. The molecule has 3 rings (SSSR count). The standard InChI is InChI=1S/C22H27N7O5/c1-2-11-9-14(26-18-17(11)28-22(24)29-19(18)23)10-25-13-5-3-12(4-6-13)20(32)27-15(21(33)34)7-8-16(30)31/h3-6,9,11,15,25-26H,2,7-8,10H2,1H3,(H,27,32)(H,30,31)(H,33,34)(H4,23,24,28,29). The molecule has 0 bridgehead atoms. The van der Waals surface area contributed by atoms with Crippen molar-refractivity contribution in [3.63, 3.8) is 0 Å². The van der Waals surface area contributed by atoms with Crippen LogP contribution < -0.4 is 27.4 Å². The minimum atomic E-state index is -1.29. The van der Waals surface area contributed by atoms with Crippen molar-refractivity contribution in [2.75, 3.05) is 28.6 Å². The monoisotopic (exact) mass is 469 g/mol. The largest absolute Gasteiger partial charge is 0.481 e. The van der Waals surface area contributed by atoms with E-state index in [1.807, 2.05) is 13.0 Å². The lowest BCUT2D eigenvalue weighted by Gasteiger charge is -2.25. The second kappa shape index (κ2) is 10.5. The third-order valence-electron chi connectivity index (χ3n) is 5.34. The molecule has 0 saturated heterocycles. The first-order chi connectivity index (χ1) is 16.2. The first-order valence-corrected chi connectivity index (χ1v) is 10.7. The van der Waals surface area contributed by atoms with Gasteiger partial charge in [-0.3, -0.25) is 9.59 Å². The Hall–Kier alpha value is -4.35. The van der Waals surface area contributed by atoms with Crippen LogP contribution in [0.1, 0.15) is 48.2 Å². The normalized spacial score (nSPS) is 15.3. The molecular weight excluding hydrogens is 442 g/mol. The second-order valence-electron chi connectivity index (χ2n) is 7.79. The van der Waals surface area contributed by atoms with E-state index in [1.54, 1.807) is 24.3 Å². The number of hydrogen-bond acceptors (Lipinski definition) is 9. The van der Waals surface area contributed by atoms with Crippen molar-refractivity contribution in [1.29, 1.82) is 0 Å². The van der Waals surface area contributed by atoms with Crippen LogP contribution in [-0.2, 0) is 9.59 Å². The summed E-state index contributed by atoms with van der Waals surface area (Å²) in [5.41, 5.74) is 15.0. The number of fused-ring (bicyclic) bond motifs is 1. The SMILES string of the molecule is CCC1C=C(CNc2ccc(C(=O)NC(CCC(=O)O)C(=O)O)cc2)Nc2c(N)nc(N)nc21. The number of carbonyl (C=O) groups is 3. The lowest BCUT2D eigenvalue weighted by atomic mass is 9.95. The number of nitrogens with one attached hydrogen (secondary N) is 3. The molecule has 0 radical (unpaired) electrons. The van der Waals surface area contributed by atoms with Crippen molar-refractivity contribution in [3.05, 3.63) is 47.3 Å². The molecule has 180 valence electrons. The maximum absolute atomic E-state index is 12.4. The molecule has 1 aliphatic heterocycles. The predicted molar refractivity (Wildman–Crippen MR) is 126 cm³/mol. The molecule has 34 heavy (non-hydrogen) atoms. The maximum Gasteiger partial charge on any atom is 0.326 e. The van der Waals surface area contributed by atoms with E-state index in [0.717, 1.165) is 23.5 Å². The molecule has 0 spiro atoms. The van der Waals surface area contributed by atoms with Crippen LogP contribution in [0.2, 0.25) is 0 Å². The summed E-state index contributed by atoms with van der Waals surface area (Å²) in [7, 11) is 0. The van der Waals surface area contributed by atoms with Crippen molar-refractivity contribution < 1.29 is 24.6 Å². The molecule has 2 atom stereocenters. The van der Waals surface area contributed by atoms with E-state index in [-0.39, 0.29) is 36.1 Å². The number of nitrogen functional groups attached to an aromatic ring is 2. The molecular formula is C22H27N7O5. The highest BCUT2D eigenvalue weighted by molar-refractivity contribution is 5.97. The highest BCUT2D eigenvalue weighted by Gasteiger charge is 2.24. The molecule has 1 amide bonds. The Morgan fingerprint density at radius 2 is 1.85 bits per heavy atom. The van der Waals surface area contributed by atoms with Gasteiger partial charge < -0.3 is 37.6 Å². The molecule has 0 aliphatic carbocycles. The Morgan fingerprint density at radius 3 is 2.47 bits per heavy atom. The van der Waals surface area contributed by atoms with Gasteiger partial charge in [-0.25, -0.2) is 9.78 Å². The number of rotatable bonds is 10. The quantitative estimate of drug-likeness (QED) is 0.266. The van der Waals surface area contributed by atoms with E-state index in [0.29, 0.717) is 12.2 Å². The predicted octanol–water partition coefficient (Wildman–Crippen LogP) is 1.60. The van der Waals surface area contributed by atoms with E-state index >= 15 is 0 Å². The van der Waals surface area contributed by atoms with Gasteiger partial charge in [-0.1, -0.05) is 13.0 Å². The van der Waals surface area contributed by atoms with Crippen LogP contribution in [0.3, 0.4) is 0 Å². The Labute approximate surface area is 195 Å². The lowest BCUT2D eigenvalue weighted by molar-refractivity contribution is -0.140. The van der Waals surface area contributed by atoms with Crippen LogP contribution in [0.4, 0.5) is 23.1 Å². The van der Waals surface area contributed by atoms with Gasteiger partial charge in [0.15, 0.2) is 5.82 Å². The Kier molecular flexibility index (Phi) is 7.51. The summed E-state index contributed by atoms with van der Waals surface area (Å²) in [6.07, 6.45) is 2.29. The topological polar surface area (TPSA) is 206 Å². The minimum Gasteiger partial charge on any atom is -0.481 e. The molecule has 1 aliphatic rings. The molecule has 12 heteroatoms. The Bertz CT molecular complexity index is 1120. The molecule has 12 nitrogen and oxygen atoms in total. The number of aliphatic carboxylic acids is 2. The highest BCUT2D eigenvalue weighted by atomic mass is 16.4. The Balaban J connectivity index is 1.61. The summed E-state index contributed by atoms with van der Waals surface area (Å²) in [4.78, 5) is 42.7. The molecule has 1 aromatic heterocycles. The van der Waals surface area contributed by atoms with Crippen LogP contribution >= 0.6 is 0 Å². The first kappa shape index (κ1) is 24.3. The molecule has 9 N–H and O–H groups in total. The van der Waals surface area contributed by atoms with Gasteiger partial charge in [-0.2, -0.15) is 4.98 Å². The number of aromatic nitrogens is 2. The van der Waals surface area contributed by atoms with Crippen LogP contribution in [0.25, 0.3) is 0 Å². The van der Waals surface area contributed by atoms with Crippen molar-refractivity contribution in [2.45, 2.75) is 38.1 Å². The van der Waals surface area contributed by atoms with Crippen molar-refractivity contribution in [2.24, 2.45) is 0 Å². The van der Waals surface area contributed by atoms with E-state index in [4.69, 9.17) is 16.6 Å². The van der Waals surface area contributed by atoms with Crippen LogP contribution in [0.5, 0.6) is 0 Å². The van der Waals surface area contributed by atoms with Gasteiger partial charge in [0.2, 0.25) is 5.95 Å². The average Bonchev–Trinajstić information content (AvgIpc) is 2.80. The summed E-state index contributed by atoms with van der Waals surface area (Å²) < 4.78 is 0. The van der Waals surface area contributed by atoms with E-state index < -0.39 is 23.9 Å². The van der Waals surface area contributed by atoms with Crippen molar-refractivity contribution >= 4 is 41.0 Å². The fraction of sp³-hybridized carbons (Fsp3) is 0.318. The zero-order chi connectivity index (χ0) is 24.8. The maximum atomic E-state index is 12.4. The Morgan fingerprint density at radius 1 is 1.15 bits per heavy atom. The van der Waals surface area contributed by atoms with E-state index in [9.17, 15) is 19.5 Å². The van der Waals surface area contributed by atoms with E-state index in [2.05, 4.69) is 25.9 Å². The van der Waals surface area contributed by atoms with Gasteiger partial charge in [0, 0.05) is 29.3 Å². The molecule has 1 aromatic carbocycles. The molecule has 2 aromatic rings. The number of carboxylic acids is 2. The number of nitrogens with zero attached hydrogens (tertiary/aromatic N) is 2. The highest BCUT2D eigenvalue weighted by Crippen LogP contribution is 2.36. The third-order valence-corrected chi connectivity index (χ3v) is 5.34. The number of nitrogens with two attached hydrogens (primary N) is 2. The number of amides is 1. The summed E-state index contributed by atoms with van der Waals surface area (Å²) in [6, 6.07) is 5.19. The number of anilines is 4. The van der Waals surface area contributed by atoms with Gasteiger partial charge in [0.05, 0.1) is 12.2 Å². The lowest BCUT2D eigenvalue weighted by Crippen LogP contribution is -2.41. The summed E-state index contributed by atoms with van der Waals surface area (Å²) in [5.74, 6) is -2.57. The van der Waals surface area contributed by atoms with Gasteiger partial charge in [-0.05, 0) is 37.1 Å². The minimum absolute atomic E-state index is 0.0371. The summed E-state index contributed by atoms with van der Waals surface area (Å²) in [5, 5.41) is 26.8. The number of benzene rings is 1. The summed E-state index contributed by atoms with van der Waals surface area (Å²) in [6.45, 7) is 2.48. The van der Waals surface area contributed by atoms with Crippen LogP contribution in [0.15, 0.2) is 36.0 Å². The number of hydrogen-bond donors (Lipinski definition) is 7. The number of carboxylic acid groups (broad SMARTS) is 2. The van der Waals surface area contributed by atoms with Crippen molar-refractivity contribution in [3.8, 4) is 0 Å². The van der Waals surface area contributed by atoms with Crippen LogP contribution in [0, 0.1) is 0 Å². The smallest absolute Gasteiger partial charge is 0.326 e. The van der Waals surface area contributed by atoms with Gasteiger partial charge >= 0.3 is 11.9 Å².